The van der Waals surface area contributed by atoms with Crippen LogP contribution in [0.5, 0.6) is 0 Å². The summed E-state index contributed by atoms with van der Waals surface area (Å²) in [5.41, 5.74) is 4.23. The molecule has 0 heteroatoms. The van der Waals surface area contributed by atoms with Crippen molar-refractivity contribution in [2.45, 2.75) is 26.2 Å². The van der Waals surface area contributed by atoms with Crippen LogP contribution >= 0.6 is 0 Å². The van der Waals surface area contributed by atoms with Gasteiger partial charge in [-0.1, -0.05) is 80.6 Å². The van der Waals surface area contributed by atoms with Gasteiger partial charge in [0.05, 0.1) is 0 Å². The highest BCUT2D eigenvalue weighted by Crippen LogP contribution is 2.32. The fourth-order valence-corrected chi connectivity index (χ4v) is 2.99. The van der Waals surface area contributed by atoms with E-state index in [1.807, 2.05) is 0 Å². The topological polar surface area (TPSA) is 0 Å². The minimum Gasteiger partial charge on any atom is -0.0622 e. The fourth-order valence-electron chi connectivity index (χ4n) is 2.99. The zero-order valence-electron chi connectivity index (χ0n) is 12.1. The quantitative estimate of drug-likeness (QED) is 0.579. The van der Waals surface area contributed by atoms with Crippen LogP contribution in [0.25, 0.3) is 10.8 Å². The Morgan fingerprint density at radius 1 is 0.750 bits per heavy atom. The Bertz CT molecular complexity index is 710. The lowest BCUT2D eigenvalue weighted by molar-refractivity contribution is 0.931. The molecule has 0 nitrogen and oxygen atoms in total. The standard InChI is InChI=1S/C20H20/c1-3-16-13-14-18(20-12-8-7-11-19(16)20)15(2)17-9-5-4-6-10-17/h4-15H,3H2,1-2H3. The highest BCUT2D eigenvalue weighted by molar-refractivity contribution is 5.89. The first kappa shape index (κ1) is 12.9. The van der Waals surface area contributed by atoms with Gasteiger partial charge < -0.3 is 0 Å². The lowest BCUT2D eigenvalue weighted by atomic mass is 9.87. The number of benzene rings is 3. The molecule has 0 saturated heterocycles. The van der Waals surface area contributed by atoms with E-state index in [1.54, 1.807) is 0 Å². The molecule has 1 atom stereocenters. The molecule has 20 heavy (non-hydrogen) atoms. The zero-order valence-corrected chi connectivity index (χ0v) is 12.1. The van der Waals surface area contributed by atoms with Gasteiger partial charge in [0.15, 0.2) is 0 Å². The number of hydrogen-bond donors (Lipinski definition) is 0. The number of aryl methyl sites for hydroxylation is 1. The molecule has 0 bridgehead atoms. The van der Waals surface area contributed by atoms with Gasteiger partial charge in [-0.2, -0.15) is 0 Å². The summed E-state index contributed by atoms with van der Waals surface area (Å²) in [4.78, 5) is 0. The van der Waals surface area contributed by atoms with Crippen molar-refractivity contribution in [2.24, 2.45) is 0 Å². The van der Waals surface area contributed by atoms with Crippen LogP contribution in [0, 0.1) is 0 Å². The van der Waals surface area contributed by atoms with Crippen molar-refractivity contribution in [2.75, 3.05) is 0 Å². The summed E-state index contributed by atoms with van der Waals surface area (Å²) in [6, 6.07) is 24.1. The van der Waals surface area contributed by atoms with Crippen LogP contribution in [0.1, 0.15) is 36.5 Å². The molecule has 100 valence electrons. The molecule has 0 aliphatic heterocycles. The van der Waals surface area contributed by atoms with Gasteiger partial charge in [-0.3, -0.25) is 0 Å². The Kier molecular flexibility index (Phi) is 3.56. The van der Waals surface area contributed by atoms with Crippen LogP contribution in [-0.2, 0) is 6.42 Å². The molecule has 0 radical (unpaired) electrons. The van der Waals surface area contributed by atoms with Crippen LogP contribution in [0.3, 0.4) is 0 Å². The largest absolute Gasteiger partial charge is 0.0622 e. The van der Waals surface area contributed by atoms with Crippen molar-refractivity contribution in [1.29, 1.82) is 0 Å². The van der Waals surface area contributed by atoms with Crippen molar-refractivity contribution < 1.29 is 0 Å². The Morgan fingerprint density at radius 2 is 1.40 bits per heavy atom. The van der Waals surface area contributed by atoms with Gasteiger partial charge in [0.2, 0.25) is 0 Å². The van der Waals surface area contributed by atoms with Gasteiger partial charge in [0.25, 0.3) is 0 Å². The van der Waals surface area contributed by atoms with E-state index >= 15 is 0 Å². The highest BCUT2D eigenvalue weighted by Gasteiger charge is 2.12. The van der Waals surface area contributed by atoms with Crippen LogP contribution in [0.15, 0.2) is 66.7 Å². The van der Waals surface area contributed by atoms with E-state index in [-0.39, 0.29) is 0 Å². The third-order valence-electron chi connectivity index (χ3n) is 4.20. The van der Waals surface area contributed by atoms with E-state index < -0.39 is 0 Å². The molecule has 0 amide bonds. The summed E-state index contributed by atoms with van der Waals surface area (Å²) in [5, 5.41) is 2.79. The minimum atomic E-state index is 0.423. The average Bonchev–Trinajstić information content (AvgIpc) is 2.54. The van der Waals surface area contributed by atoms with Gasteiger partial charge in [-0.05, 0) is 33.9 Å². The highest BCUT2D eigenvalue weighted by atomic mass is 14.2. The van der Waals surface area contributed by atoms with Crippen molar-refractivity contribution in [3.05, 3.63) is 83.4 Å². The normalized spacial score (nSPS) is 12.5. The number of fused-ring (bicyclic) bond motifs is 1. The van der Waals surface area contributed by atoms with E-state index in [4.69, 9.17) is 0 Å². The first-order chi connectivity index (χ1) is 9.81. The second-order valence-electron chi connectivity index (χ2n) is 5.35. The van der Waals surface area contributed by atoms with E-state index in [0.717, 1.165) is 6.42 Å². The average molecular weight is 260 g/mol. The molecule has 3 aromatic carbocycles. The van der Waals surface area contributed by atoms with E-state index in [1.165, 1.54) is 27.5 Å². The maximum atomic E-state index is 2.30. The summed E-state index contributed by atoms with van der Waals surface area (Å²) >= 11 is 0. The number of hydrogen-bond acceptors (Lipinski definition) is 0. The molecule has 0 aromatic heterocycles. The summed E-state index contributed by atoms with van der Waals surface area (Å²) in [6.07, 6.45) is 1.08. The molecule has 0 aliphatic rings. The predicted octanol–water partition coefficient (Wildman–Crippen LogP) is 5.55. The van der Waals surface area contributed by atoms with Crippen molar-refractivity contribution in [1.82, 2.24) is 0 Å². The van der Waals surface area contributed by atoms with Crippen molar-refractivity contribution in [3.8, 4) is 0 Å². The van der Waals surface area contributed by atoms with Gasteiger partial charge in [0.1, 0.15) is 0 Å². The Balaban J connectivity index is 2.18. The summed E-state index contributed by atoms with van der Waals surface area (Å²) < 4.78 is 0. The van der Waals surface area contributed by atoms with Gasteiger partial charge in [0, 0.05) is 5.92 Å². The minimum absolute atomic E-state index is 0.423. The summed E-state index contributed by atoms with van der Waals surface area (Å²) in [5.74, 6) is 0.423. The number of rotatable bonds is 3. The fraction of sp³-hybridized carbons (Fsp3) is 0.200. The maximum absolute atomic E-state index is 2.30. The lowest BCUT2D eigenvalue weighted by Gasteiger charge is -2.17. The van der Waals surface area contributed by atoms with Crippen LogP contribution in [0.4, 0.5) is 0 Å². The van der Waals surface area contributed by atoms with Crippen molar-refractivity contribution >= 4 is 10.8 Å². The molecule has 0 fully saturated rings. The second-order valence-corrected chi connectivity index (χ2v) is 5.35. The Hall–Kier alpha value is -2.08. The van der Waals surface area contributed by atoms with Crippen molar-refractivity contribution in [3.63, 3.8) is 0 Å². The van der Waals surface area contributed by atoms with E-state index in [9.17, 15) is 0 Å². The predicted molar refractivity (Wildman–Crippen MR) is 87.3 cm³/mol. The Morgan fingerprint density at radius 3 is 2.10 bits per heavy atom. The first-order valence-electron chi connectivity index (χ1n) is 7.36. The molecule has 0 spiro atoms. The third-order valence-corrected chi connectivity index (χ3v) is 4.20. The lowest BCUT2D eigenvalue weighted by Crippen LogP contribution is -1.98. The second kappa shape index (κ2) is 5.50. The molecule has 0 saturated carbocycles. The molecule has 0 N–H and O–H groups in total. The monoisotopic (exact) mass is 260 g/mol. The molecule has 1 unspecified atom stereocenters. The summed E-state index contributed by atoms with van der Waals surface area (Å²) in [6.45, 7) is 4.52. The zero-order chi connectivity index (χ0) is 13.9. The van der Waals surface area contributed by atoms with E-state index in [0.29, 0.717) is 5.92 Å². The van der Waals surface area contributed by atoms with E-state index in [2.05, 4.69) is 80.6 Å². The first-order valence-corrected chi connectivity index (χ1v) is 7.36. The molecule has 3 rings (SSSR count). The van der Waals surface area contributed by atoms with Crippen LogP contribution in [-0.4, -0.2) is 0 Å². The van der Waals surface area contributed by atoms with Crippen LogP contribution in [0.2, 0.25) is 0 Å². The smallest absolute Gasteiger partial charge is 0.00671 e. The van der Waals surface area contributed by atoms with Gasteiger partial charge >= 0.3 is 0 Å². The molecule has 0 heterocycles. The SMILES string of the molecule is CCc1ccc(C(C)c2ccccc2)c2ccccc12. The van der Waals surface area contributed by atoms with Gasteiger partial charge in [-0.25, -0.2) is 0 Å². The maximum Gasteiger partial charge on any atom is 0.00671 e. The molecular formula is C20H20. The van der Waals surface area contributed by atoms with Crippen LogP contribution < -0.4 is 0 Å². The molecule has 3 aromatic rings. The molecule has 0 aliphatic carbocycles. The Labute approximate surface area is 121 Å². The third kappa shape index (κ3) is 2.22. The molecular weight excluding hydrogens is 240 g/mol. The summed E-state index contributed by atoms with van der Waals surface area (Å²) in [7, 11) is 0. The van der Waals surface area contributed by atoms with Gasteiger partial charge in [-0.15, -0.1) is 0 Å².